The lowest BCUT2D eigenvalue weighted by molar-refractivity contribution is -0.142. The van der Waals surface area contributed by atoms with Crippen molar-refractivity contribution in [2.45, 2.75) is 38.4 Å². The van der Waals surface area contributed by atoms with Crippen molar-refractivity contribution in [2.24, 2.45) is 0 Å². The van der Waals surface area contributed by atoms with E-state index in [0.29, 0.717) is 22.4 Å². The van der Waals surface area contributed by atoms with Crippen LogP contribution in [0.4, 0.5) is 13.2 Å². The summed E-state index contributed by atoms with van der Waals surface area (Å²) in [5, 5.41) is 3.86. The van der Waals surface area contributed by atoms with Gasteiger partial charge in [-0.15, -0.1) is 0 Å². The van der Waals surface area contributed by atoms with E-state index in [-0.39, 0.29) is 28.9 Å². The molecule has 0 aliphatic carbocycles. The Hall–Kier alpha value is -3.10. The molecule has 9 heteroatoms. The lowest BCUT2D eigenvalue weighted by Crippen LogP contribution is -2.42. The van der Waals surface area contributed by atoms with Gasteiger partial charge in [0.05, 0.1) is 19.0 Å². The Morgan fingerprint density at radius 1 is 1.23 bits per heavy atom. The summed E-state index contributed by atoms with van der Waals surface area (Å²) in [7, 11) is 1.48. The van der Waals surface area contributed by atoms with Crippen LogP contribution in [0.25, 0.3) is 16.9 Å². The Bertz CT molecular complexity index is 1090. The summed E-state index contributed by atoms with van der Waals surface area (Å²) in [4.78, 5) is 19.2. The molecule has 1 aliphatic rings. The Morgan fingerprint density at radius 2 is 2.03 bits per heavy atom. The first-order valence-corrected chi connectivity index (χ1v) is 9.71. The minimum absolute atomic E-state index is 0.0184. The second-order valence-corrected chi connectivity index (χ2v) is 7.39. The van der Waals surface area contributed by atoms with E-state index in [9.17, 15) is 18.0 Å². The molecule has 3 aromatic rings. The normalized spacial score (nSPS) is 17.4. The lowest BCUT2D eigenvalue weighted by Gasteiger charge is -2.33. The highest BCUT2D eigenvalue weighted by Gasteiger charge is 2.36. The third kappa shape index (κ3) is 3.59. The molecule has 30 heavy (non-hydrogen) atoms. The number of halogens is 3. The number of ether oxygens (including phenoxy) is 1. The molecule has 6 nitrogen and oxygen atoms in total. The van der Waals surface area contributed by atoms with Gasteiger partial charge in [0.25, 0.3) is 5.91 Å². The molecule has 1 aliphatic heterocycles. The fourth-order valence-corrected chi connectivity index (χ4v) is 3.80. The SMILES string of the molecule is COc1cccc(-c2cc(C(F)(F)F)n3ncc(C(=O)N4CCCCC4C)c3n2)c1. The number of fused-ring (bicyclic) bond motifs is 1. The molecule has 0 bridgehead atoms. The second kappa shape index (κ2) is 7.62. The molecule has 0 spiro atoms. The Morgan fingerprint density at radius 3 is 2.73 bits per heavy atom. The first-order chi connectivity index (χ1) is 14.3. The number of likely N-dealkylation sites (tertiary alicyclic amines) is 1. The monoisotopic (exact) mass is 418 g/mol. The van der Waals surface area contributed by atoms with Crippen LogP contribution in [-0.4, -0.2) is 45.1 Å². The van der Waals surface area contributed by atoms with Crippen LogP contribution in [0.15, 0.2) is 36.5 Å². The maximum Gasteiger partial charge on any atom is 0.433 e. The molecule has 1 atom stereocenters. The molecule has 1 fully saturated rings. The quantitative estimate of drug-likeness (QED) is 0.631. The highest BCUT2D eigenvalue weighted by molar-refractivity contribution is 6.00. The fraction of sp³-hybridized carbons (Fsp3) is 0.381. The van der Waals surface area contributed by atoms with Gasteiger partial charge in [0.1, 0.15) is 11.3 Å². The second-order valence-electron chi connectivity index (χ2n) is 7.39. The standard InChI is InChI=1S/C21H21F3N4O2/c1-13-6-3-4-9-27(13)20(29)16-12-25-28-18(21(22,23)24)11-17(26-19(16)28)14-7-5-8-15(10-14)30-2/h5,7-8,10-13H,3-4,6,9H2,1-2H3. The van der Waals surface area contributed by atoms with E-state index in [4.69, 9.17) is 4.74 Å². The van der Waals surface area contributed by atoms with Crippen LogP contribution in [0.2, 0.25) is 0 Å². The number of aromatic nitrogens is 3. The number of amides is 1. The van der Waals surface area contributed by atoms with Gasteiger partial charge in [-0.3, -0.25) is 4.79 Å². The van der Waals surface area contributed by atoms with Gasteiger partial charge < -0.3 is 9.64 Å². The zero-order valence-corrected chi connectivity index (χ0v) is 16.6. The van der Waals surface area contributed by atoms with Gasteiger partial charge in [0.2, 0.25) is 0 Å². The summed E-state index contributed by atoms with van der Waals surface area (Å²) in [6.07, 6.45) is -0.737. The molecular formula is C21H21F3N4O2. The summed E-state index contributed by atoms with van der Waals surface area (Å²) >= 11 is 0. The molecule has 0 N–H and O–H groups in total. The molecule has 2 aromatic heterocycles. The molecule has 1 amide bonds. The van der Waals surface area contributed by atoms with Gasteiger partial charge in [0.15, 0.2) is 11.3 Å². The summed E-state index contributed by atoms with van der Waals surface area (Å²) in [5.41, 5.74) is -0.483. The van der Waals surface area contributed by atoms with Crippen molar-refractivity contribution in [1.29, 1.82) is 0 Å². The van der Waals surface area contributed by atoms with E-state index in [0.717, 1.165) is 25.3 Å². The largest absolute Gasteiger partial charge is 0.497 e. The number of alkyl halides is 3. The van der Waals surface area contributed by atoms with Crippen molar-refractivity contribution in [3.63, 3.8) is 0 Å². The molecule has 4 rings (SSSR count). The van der Waals surface area contributed by atoms with Crippen molar-refractivity contribution in [3.8, 4) is 17.0 Å². The number of piperidine rings is 1. The molecule has 0 saturated carbocycles. The molecule has 1 saturated heterocycles. The number of nitrogens with zero attached hydrogens (tertiary/aromatic N) is 4. The minimum Gasteiger partial charge on any atom is -0.497 e. The summed E-state index contributed by atoms with van der Waals surface area (Å²) in [6, 6.07) is 7.57. The minimum atomic E-state index is -4.67. The van der Waals surface area contributed by atoms with Crippen molar-refractivity contribution >= 4 is 11.6 Å². The van der Waals surface area contributed by atoms with E-state index in [1.165, 1.54) is 13.3 Å². The van der Waals surface area contributed by atoms with E-state index >= 15 is 0 Å². The predicted molar refractivity (Wildman–Crippen MR) is 104 cm³/mol. The molecule has 158 valence electrons. The third-order valence-electron chi connectivity index (χ3n) is 5.42. The van der Waals surface area contributed by atoms with E-state index in [2.05, 4.69) is 10.1 Å². The number of carbonyl (C=O) groups is 1. The fourth-order valence-electron chi connectivity index (χ4n) is 3.80. The van der Waals surface area contributed by atoms with Crippen molar-refractivity contribution in [3.05, 3.63) is 47.8 Å². The van der Waals surface area contributed by atoms with Crippen LogP contribution in [-0.2, 0) is 6.18 Å². The van der Waals surface area contributed by atoms with E-state index in [1.54, 1.807) is 29.2 Å². The van der Waals surface area contributed by atoms with Crippen LogP contribution >= 0.6 is 0 Å². The zero-order chi connectivity index (χ0) is 21.5. The summed E-state index contributed by atoms with van der Waals surface area (Å²) in [6.45, 7) is 2.51. The first-order valence-electron chi connectivity index (χ1n) is 9.71. The van der Waals surface area contributed by atoms with E-state index < -0.39 is 11.9 Å². The number of methoxy groups -OCH3 is 1. The average molecular weight is 418 g/mol. The molecule has 0 radical (unpaired) electrons. The van der Waals surface area contributed by atoms with Crippen LogP contribution in [0.3, 0.4) is 0 Å². The highest BCUT2D eigenvalue weighted by Crippen LogP contribution is 2.34. The third-order valence-corrected chi connectivity index (χ3v) is 5.42. The van der Waals surface area contributed by atoms with Crippen molar-refractivity contribution < 1.29 is 22.7 Å². The Balaban J connectivity index is 1.88. The average Bonchev–Trinajstić information content (AvgIpc) is 3.16. The Labute approximate surface area is 171 Å². The topological polar surface area (TPSA) is 59.7 Å². The Kier molecular flexibility index (Phi) is 5.13. The van der Waals surface area contributed by atoms with Gasteiger partial charge in [0, 0.05) is 18.2 Å². The zero-order valence-electron chi connectivity index (χ0n) is 16.6. The number of carbonyl (C=O) groups excluding carboxylic acids is 1. The molecule has 1 unspecified atom stereocenters. The van der Waals surface area contributed by atoms with E-state index in [1.807, 2.05) is 6.92 Å². The first kappa shape index (κ1) is 20.2. The van der Waals surface area contributed by atoms with Crippen LogP contribution in [0.5, 0.6) is 5.75 Å². The van der Waals surface area contributed by atoms with Gasteiger partial charge >= 0.3 is 6.18 Å². The number of hydrogen-bond donors (Lipinski definition) is 0. The molecule has 3 heterocycles. The number of rotatable bonds is 3. The summed E-state index contributed by atoms with van der Waals surface area (Å²) < 4.78 is 47.2. The van der Waals surface area contributed by atoms with Crippen LogP contribution in [0, 0.1) is 0 Å². The maximum absolute atomic E-state index is 13.8. The van der Waals surface area contributed by atoms with Gasteiger partial charge in [-0.25, -0.2) is 9.50 Å². The van der Waals surface area contributed by atoms with Gasteiger partial charge in [-0.05, 0) is 44.4 Å². The number of benzene rings is 1. The van der Waals surface area contributed by atoms with Gasteiger partial charge in [-0.2, -0.15) is 18.3 Å². The number of hydrogen-bond acceptors (Lipinski definition) is 4. The lowest BCUT2D eigenvalue weighted by atomic mass is 10.0. The smallest absolute Gasteiger partial charge is 0.433 e. The maximum atomic E-state index is 13.8. The summed E-state index contributed by atoms with van der Waals surface area (Å²) in [5.74, 6) is 0.148. The predicted octanol–water partition coefficient (Wildman–Crippen LogP) is 4.44. The molecule has 1 aromatic carbocycles. The highest BCUT2D eigenvalue weighted by atomic mass is 19.4. The van der Waals surface area contributed by atoms with Crippen LogP contribution in [0.1, 0.15) is 42.2 Å². The van der Waals surface area contributed by atoms with Crippen molar-refractivity contribution in [2.75, 3.05) is 13.7 Å². The van der Waals surface area contributed by atoms with Crippen LogP contribution < -0.4 is 4.74 Å². The molecular weight excluding hydrogens is 397 g/mol. The van der Waals surface area contributed by atoms with Crippen molar-refractivity contribution in [1.82, 2.24) is 19.5 Å². The van der Waals surface area contributed by atoms with Gasteiger partial charge in [-0.1, -0.05) is 12.1 Å².